The smallest absolute Gasteiger partial charge is 0.317 e. The summed E-state index contributed by atoms with van der Waals surface area (Å²) in [5, 5.41) is 11.8. The highest BCUT2D eigenvalue weighted by atomic mass is 16.4. The fraction of sp³-hybridized carbons (Fsp3) is 0.500. The van der Waals surface area contributed by atoms with Crippen molar-refractivity contribution in [2.45, 2.75) is 39.8 Å². The molecule has 5 heteroatoms. The molecule has 2 amide bonds. The van der Waals surface area contributed by atoms with E-state index in [1.165, 1.54) is 0 Å². The molecule has 0 saturated carbocycles. The molecule has 5 nitrogen and oxygen atoms in total. The monoisotopic (exact) mass is 292 g/mol. The zero-order chi connectivity index (χ0) is 16.0. The van der Waals surface area contributed by atoms with Gasteiger partial charge in [-0.15, -0.1) is 0 Å². The number of aliphatic carboxylic acids is 1. The van der Waals surface area contributed by atoms with E-state index in [4.69, 9.17) is 5.11 Å². The summed E-state index contributed by atoms with van der Waals surface area (Å²) in [5.41, 5.74) is 0.711. The summed E-state index contributed by atoms with van der Waals surface area (Å²) < 4.78 is 0. The van der Waals surface area contributed by atoms with Crippen LogP contribution >= 0.6 is 0 Å². The molecule has 0 aliphatic rings. The molecule has 1 rings (SSSR count). The molecule has 21 heavy (non-hydrogen) atoms. The van der Waals surface area contributed by atoms with Crippen molar-refractivity contribution in [2.24, 2.45) is 5.41 Å². The summed E-state index contributed by atoms with van der Waals surface area (Å²) in [6.07, 6.45) is -0.0889. The molecule has 0 fully saturated rings. The molecule has 1 atom stereocenters. The Labute approximate surface area is 126 Å². The van der Waals surface area contributed by atoms with Crippen LogP contribution in [0, 0.1) is 5.41 Å². The third kappa shape index (κ3) is 5.85. The number of carboxylic acid groups (broad SMARTS) is 1. The summed E-state index contributed by atoms with van der Waals surface area (Å²) in [6.45, 7) is 6.23. The van der Waals surface area contributed by atoms with E-state index in [0.29, 0.717) is 6.54 Å². The second-order valence-electron chi connectivity index (χ2n) is 6.31. The molecule has 116 valence electrons. The number of nitrogens with one attached hydrogen (secondary N) is 1. The third-order valence-electron chi connectivity index (χ3n) is 3.33. The van der Waals surface area contributed by atoms with Gasteiger partial charge < -0.3 is 15.3 Å². The molecule has 0 aromatic heterocycles. The number of benzene rings is 1. The summed E-state index contributed by atoms with van der Waals surface area (Å²) >= 11 is 0. The highest BCUT2D eigenvalue weighted by molar-refractivity contribution is 5.75. The summed E-state index contributed by atoms with van der Waals surface area (Å²) in [4.78, 5) is 24.7. The number of carbonyl (C=O) groups is 2. The van der Waals surface area contributed by atoms with Gasteiger partial charge in [-0.25, -0.2) is 4.79 Å². The first-order chi connectivity index (χ1) is 9.70. The number of carboxylic acids is 1. The standard InChI is InChI=1S/C16H24N2O3/c1-16(2,3)13(10-14(19)20)17-15(21)18(4)11-12-8-6-5-7-9-12/h5-9,13H,10-11H2,1-4H3,(H,17,21)(H,19,20). The minimum absolute atomic E-state index is 0.0889. The number of hydrogen-bond donors (Lipinski definition) is 2. The van der Waals surface area contributed by atoms with Gasteiger partial charge in [-0.2, -0.15) is 0 Å². The van der Waals surface area contributed by atoms with Gasteiger partial charge in [-0.3, -0.25) is 4.79 Å². The molecule has 0 bridgehead atoms. The lowest BCUT2D eigenvalue weighted by atomic mass is 9.85. The van der Waals surface area contributed by atoms with Crippen molar-refractivity contribution < 1.29 is 14.7 Å². The normalized spacial score (nSPS) is 12.6. The zero-order valence-electron chi connectivity index (χ0n) is 13.1. The van der Waals surface area contributed by atoms with Crippen molar-refractivity contribution >= 4 is 12.0 Å². The lowest BCUT2D eigenvalue weighted by Crippen LogP contribution is -2.49. The van der Waals surface area contributed by atoms with Gasteiger partial charge in [0.2, 0.25) is 0 Å². The van der Waals surface area contributed by atoms with Gasteiger partial charge in [0.1, 0.15) is 0 Å². The zero-order valence-corrected chi connectivity index (χ0v) is 13.1. The first-order valence-corrected chi connectivity index (χ1v) is 6.97. The summed E-state index contributed by atoms with van der Waals surface area (Å²) in [7, 11) is 1.70. The lowest BCUT2D eigenvalue weighted by Gasteiger charge is -2.32. The topological polar surface area (TPSA) is 69.6 Å². The summed E-state index contributed by atoms with van der Waals surface area (Å²) in [6, 6.07) is 8.98. The molecule has 2 N–H and O–H groups in total. The Morgan fingerprint density at radius 2 is 1.81 bits per heavy atom. The van der Waals surface area contributed by atoms with Crippen LogP contribution < -0.4 is 5.32 Å². The molecule has 0 spiro atoms. The number of rotatable bonds is 5. The van der Waals surface area contributed by atoms with Crippen LogP contribution in [0.1, 0.15) is 32.8 Å². The van der Waals surface area contributed by atoms with Gasteiger partial charge in [0.15, 0.2) is 0 Å². The van der Waals surface area contributed by atoms with Crippen molar-refractivity contribution in [3.05, 3.63) is 35.9 Å². The Balaban J connectivity index is 2.66. The molecular formula is C16H24N2O3. The van der Waals surface area contributed by atoms with Gasteiger partial charge in [0.25, 0.3) is 0 Å². The van der Waals surface area contributed by atoms with Gasteiger partial charge in [0.05, 0.1) is 6.42 Å². The Morgan fingerprint density at radius 1 is 1.24 bits per heavy atom. The van der Waals surface area contributed by atoms with Crippen LogP contribution in [0.15, 0.2) is 30.3 Å². The first kappa shape index (κ1) is 17.0. The van der Waals surface area contributed by atoms with E-state index >= 15 is 0 Å². The van der Waals surface area contributed by atoms with Crippen LogP contribution in [0.4, 0.5) is 4.79 Å². The minimum atomic E-state index is -0.916. The largest absolute Gasteiger partial charge is 0.481 e. The SMILES string of the molecule is CN(Cc1ccccc1)C(=O)NC(CC(=O)O)C(C)(C)C. The molecular weight excluding hydrogens is 268 g/mol. The van der Waals surface area contributed by atoms with Crippen molar-refractivity contribution in [3.63, 3.8) is 0 Å². The van der Waals surface area contributed by atoms with Crippen LogP contribution in [0.3, 0.4) is 0 Å². The number of nitrogens with zero attached hydrogens (tertiary/aromatic N) is 1. The van der Waals surface area contributed by atoms with Crippen molar-refractivity contribution in [3.8, 4) is 0 Å². The Hall–Kier alpha value is -2.04. The van der Waals surface area contributed by atoms with Crippen molar-refractivity contribution in [1.29, 1.82) is 0 Å². The van der Waals surface area contributed by atoms with Gasteiger partial charge in [-0.05, 0) is 11.0 Å². The fourth-order valence-corrected chi connectivity index (χ4v) is 1.94. The number of urea groups is 1. The number of carbonyl (C=O) groups excluding carboxylic acids is 1. The number of hydrogen-bond acceptors (Lipinski definition) is 2. The van der Waals surface area contributed by atoms with E-state index in [-0.39, 0.29) is 17.9 Å². The van der Waals surface area contributed by atoms with Gasteiger partial charge >= 0.3 is 12.0 Å². The lowest BCUT2D eigenvalue weighted by molar-refractivity contribution is -0.138. The molecule has 1 aromatic carbocycles. The van der Waals surface area contributed by atoms with Gasteiger partial charge in [-0.1, -0.05) is 51.1 Å². The van der Waals surface area contributed by atoms with E-state index in [0.717, 1.165) is 5.56 Å². The highest BCUT2D eigenvalue weighted by Gasteiger charge is 2.29. The minimum Gasteiger partial charge on any atom is -0.481 e. The second-order valence-corrected chi connectivity index (χ2v) is 6.31. The molecule has 0 aliphatic carbocycles. The maximum Gasteiger partial charge on any atom is 0.317 e. The highest BCUT2D eigenvalue weighted by Crippen LogP contribution is 2.22. The molecule has 0 aliphatic heterocycles. The van der Waals surface area contributed by atoms with Crippen LogP contribution in [0.25, 0.3) is 0 Å². The first-order valence-electron chi connectivity index (χ1n) is 6.97. The predicted octanol–water partition coefficient (Wildman–Crippen LogP) is 2.72. The maximum atomic E-state index is 12.2. The average Bonchev–Trinajstić information content (AvgIpc) is 2.37. The molecule has 0 radical (unpaired) electrons. The van der Waals surface area contributed by atoms with Crippen LogP contribution in [0.2, 0.25) is 0 Å². The Bertz CT molecular complexity index is 480. The Morgan fingerprint density at radius 3 is 2.29 bits per heavy atom. The maximum absolute atomic E-state index is 12.2. The van der Waals surface area contributed by atoms with Crippen LogP contribution in [-0.2, 0) is 11.3 Å². The van der Waals surface area contributed by atoms with Crippen LogP contribution in [0.5, 0.6) is 0 Å². The van der Waals surface area contributed by atoms with Gasteiger partial charge in [0, 0.05) is 19.6 Å². The van der Waals surface area contributed by atoms with E-state index < -0.39 is 12.0 Å². The molecule has 1 aromatic rings. The predicted molar refractivity (Wildman–Crippen MR) is 81.9 cm³/mol. The molecule has 1 unspecified atom stereocenters. The fourth-order valence-electron chi connectivity index (χ4n) is 1.94. The van der Waals surface area contributed by atoms with E-state index in [2.05, 4.69) is 5.32 Å². The average molecular weight is 292 g/mol. The Kier molecular flexibility index (Phi) is 5.76. The third-order valence-corrected chi connectivity index (χ3v) is 3.33. The van der Waals surface area contributed by atoms with Crippen LogP contribution in [-0.4, -0.2) is 35.1 Å². The molecule has 0 heterocycles. The second kappa shape index (κ2) is 7.11. The van der Waals surface area contributed by atoms with Crippen molar-refractivity contribution in [2.75, 3.05) is 7.05 Å². The summed E-state index contributed by atoms with van der Waals surface area (Å²) in [5.74, 6) is -0.916. The van der Waals surface area contributed by atoms with Crippen molar-refractivity contribution in [1.82, 2.24) is 10.2 Å². The van der Waals surface area contributed by atoms with E-state index in [1.807, 2.05) is 51.1 Å². The van der Waals surface area contributed by atoms with E-state index in [1.54, 1.807) is 11.9 Å². The van der Waals surface area contributed by atoms with E-state index in [9.17, 15) is 9.59 Å². The quantitative estimate of drug-likeness (QED) is 0.876. The molecule has 0 saturated heterocycles. The number of amides is 2.